The molecule has 0 saturated carbocycles. The van der Waals surface area contributed by atoms with Crippen LogP contribution >= 0.6 is 11.6 Å². The quantitative estimate of drug-likeness (QED) is 0.445. The number of hydrogen-bond acceptors (Lipinski definition) is 5. The second-order valence-corrected chi connectivity index (χ2v) is 7.13. The van der Waals surface area contributed by atoms with Crippen LogP contribution in [-0.2, 0) is 4.79 Å². The molecule has 0 fully saturated rings. The molecule has 31 heavy (non-hydrogen) atoms. The summed E-state index contributed by atoms with van der Waals surface area (Å²) in [6.07, 6.45) is 4.22. The molecule has 7 nitrogen and oxygen atoms in total. The predicted molar refractivity (Wildman–Crippen MR) is 115 cm³/mol. The fraction of sp³-hybridized carbons (Fsp3) is 0.0909. The molecule has 4 aromatic rings. The molecule has 2 aromatic heterocycles. The highest BCUT2D eigenvalue weighted by Gasteiger charge is 2.13. The molecule has 0 spiro atoms. The van der Waals surface area contributed by atoms with Crippen molar-refractivity contribution in [3.63, 3.8) is 0 Å². The van der Waals surface area contributed by atoms with Crippen LogP contribution in [0, 0.1) is 19.7 Å². The van der Waals surface area contributed by atoms with Gasteiger partial charge in [0.15, 0.2) is 0 Å². The summed E-state index contributed by atoms with van der Waals surface area (Å²) in [4.78, 5) is 12.5. The molecule has 0 aliphatic rings. The van der Waals surface area contributed by atoms with Crippen molar-refractivity contribution < 1.29 is 13.6 Å². The third-order valence-corrected chi connectivity index (χ3v) is 4.99. The average Bonchev–Trinajstić information content (AvgIpc) is 3.38. The van der Waals surface area contributed by atoms with Crippen LogP contribution < -0.4 is 5.32 Å². The number of carbonyl (C=O) groups is 1. The lowest BCUT2D eigenvalue weighted by Crippen LogP contribution is -2.09. The highest BCUT2D eigenvalue weighted by atomic mass is 35.5. The first-order valence-corrected chi connectivity index (χ1v) is 9.67. The van der Waals surface area contributed by atoms with Crippen LogP contribution in [-0.4, -0.2) is 25.9 Å². The van der Waals surface area contributed by atoms with Gasteiger partial charge in [-0.2, -0.15) is 5.10 Å². The third kappa shape index (κ3) is 4.39. The van der Waals surface area contributed by atoms with Gasteiger partial charge in [-0.25, -0.2) is 9.07 Å². The van der Waals surface area contributed by atoms with Gasteiger partial charge in [-0.05, 0) is 61.9 Å². The largest absolute Gasteiger partial charge is 0.423 e. The fourth-order valence-electron chi connectivity index (χ4n) is 2.98. The predicted octanol–water partition coefficient (Wildman–Crippen LogP) is 4.98. The van der Waals surface area contributed by atoms with E-state index in [4.69, 9.17) is 16.0 Å². The van der Waals surface area contributed by atoms with Gasteiger partial charge < -0.3 is 9.73 Å². The summed E-state index contributed by atoms with van der Waals surface area (Å²) in [6, 6.07) is 11.3. The zero-order valence-electron chi connectivity index (χ0n) is 16.6. The van der Waals surface area contributed by atoms with Crippen molar-refractivity contribution in [3.05, 3.63) is 82.7 Å². The fourth-order valence-corrected chi connectivity index (χ4v) is 3.31. The van der Waals surface area contributed by atoms with Crippen LogP contribution in [0.25, 0.3) is 23.2 Å². The Balaban J connectivity index is 1.54. The van der Waals surface area contributed by atoms with Crippen molar-refractivity contribution in [2.45, 2.75) is 13.8 Å². The molecule has 156 valence electrons. The Hall–Kier alpha value is -3.78. The number of aromatic nitrogens is 4. The summed E-state index contributed by atoms with van der Waals surface area (Å²) in [5.41, 5.74) is 4.04. The topological polar surface area (TPSA) is 85.8 Å². The van der Waals surface area contributed by atoms with Crippen molar-refractivity contribution >= 4 is 29.3 Å². The maximum absolute atomic E-state index is 13.2. The summed E-state index contributed by atoms with van der Waals surface area (Å²) < 4.78 is 19.9. The van der Waals surface area contributed by atoms with Gasteiger partial charge in [-0.3, -0.25) is 4.79 Å². The van der Waals surface area contributed by atoms with Gasteiger partial charge in [0.1, 0.15) is 11.0 Å². The van der Waals surface area contributed by atoms with E-state index in [2.05, 4.69) is 20.6 Å². The number of anilines is 1. The number of aryl methyl sites for hydroxylation is 2. The van der Waals surface area contributed by atoms with Crippen LogP contribution in [0.4, 0.5) is 10.1 Å². The first kappa shape index (κ1) is 20.5. The van der Waals surface area contributed by atoms with Crippen molar-refractivity contribution in [1.29, 1.82) is 0 Å². The van der Waals surface area contributed by atoms with Crippen LogP contribution in [0.15, 0.2) is 59.4 Å². The van der Waals surface area contributed by atoms with Crippen molar-refractivity contribution in [2.24, 2.45) is 0 Å². The van der Waals surface area contributed by atoms with Gasteiger partial charge in [0.25, 0.3) is 0 Å². The second kappa shape index (κ2) is 8.53. The van der Waals surface area contributed by atoms with Crippen molar-refractivity contribution in [1.82, 2.24) is 20.0 Å². The zero-order valence-corrected chi connectivity index (χ0v) is 17.4. The van der Waals surface area contributed by atoms with E-state index in [1.54, 1.807) is 31.2 Å². The Morgan fingerprint density at radius 3 is 2.68 bits per heavy atom. The highest BCUT2D eigenvalue weighted by Crippen LogP contribution is 2.26. The number of benzene rings is 2. The minimum atomic E-state index is -0.348. The van der Waals surface area contributed by atoms with Crippen LogP contribution in [0.3, 0.4) is 0 Å². The molecule has 4 rings (SSSR count). The molecule has 0 radical (unpaired) electrons. The monoisotopic (exact) mass is 437 g/mol. The lowest BCUT2D eigenvalue weighted by molar-refractivity contribution is -0.111. The summed E-state index contributed by atoms with van der Waals surface area (Å²) in [5, 5.41) is 15.1. The number of halogens is 2. The van der Waals surface area contributed by atoms with E-state index in [0.29, 0.717) is 39.2 Å². The minimum absolute atomic E-state index is 0.322. The van der Waals surface area contributed by atoms with E-state index in [1.165, 1.54) is 29.3 Å². The molecule has 0 aliphatic carbocycles. The van der Waals surface area contributed by atoms with E-state index in [1.807, 2.05) is 19.1 Å². The number of nitrogens with zero attached hydrogens (tertiary/aromatic N) is 4. The van der Waals surface area contributed by atoms with E-state index in [0.717, 1.165) is 5.56 Å². The summed E-state index contributed by atoms with van der Waals surface area (Å²) in [7, 11) is 0. The second-order valence-electron chi connectivity index (χ2n) is 6.77. The zero-order chi connectivity index (χ0) is 22.0. The maximum Gasteiger partial charge on any atom is 0.248 e. The van der Waals surface area contributed by atoms with Gasteiger partial charge in [0, 0.05) is 22.9 Å². The third-order valence-electron chi connectivity index (χ3n) is 4.62. The summed E-state index contributed by atoms with van der Waals surface area (Å²) >= 11 is 6.45. The molecule has 0 aliphatic heterocycles. The SMILES string of the molecule is Cc1ccc(-c2nnco2)cc1NC(=O)C=Cc1c(C)nn(-c2ccc(F)cc2)c1Cl. The smallest absolute Gasteiger partial charge is 0.248 e. The van der Waals surface area contributed by atoms with Gasteiger partial charge in [-0.15, -0.1) is 10.2 Å². The number of nitrogens with one attached hydrogen (secondary N) is 1. The molecule has 1 amide bonds. The molecule has 9 heteroatoms. The van der Waals surface area contributed by atoms with Gasteiger partial charge in [0.05, 0.1) is 11.4 Å². The number of amides is 1. The maximum atomic E-state index is 13.2. The first-order valence-electron chi connectivity index (χ1n) is 9.29. The van der Waals surface area contributed by atoms with Crippen LogP contribution in [0.2, 0.25) is 5.15 Å². The van der Waals surface area contributed by atoms with E-state index < -0.39 is 0 Å². The molecule has 1 N–H and O–H groups in total. The number of hydrogen-bond donors (Lipinski definition) is 1. The standard InChI is InChI=1S/C22H17ClFN5O2/c1-13-3-4-15(22-27-25-12-31-22)11-19(13)26-20(30)10-9-18-14(2)28-29(21(18)23)17-7-5-16(24)6-8-17/h3-12H,1-2H3,(H,26,30). The van der Waals surface area contributed by atoms with E-state index in [-0.39, 0.29) is 11.7 Å². The molecular weight excluding hydrogens is 421 g/mol. The number of rotatable bonds is 5. The van der Waals surface area contributed by atoms with E-state index >= 15 is 0 Å². The van der Waals surface area contributed by atoms with Crippen LogP contribution in [0.1, 0.15) is 16.8 Å². The Morgan fingerprint density at radius 2 is 1.97 bits per heavy atom. The summed E-state index contributed by atoms with van der Waals surface area (Å²) in [5.74, 6) is -0.323. The van der Waals surface area contributed by atoms with Gasteiger partial charge >= 0.3 is 0 Å². The Labute approximate surface area is 182 Å². The lowest BCUT2D eigenvalue weighted by Gasteiger charge is -2.07. The molecule has 2 heterocycles. The molecule has 2 aromatic carbocycles. The molecule has 0 saturated heterocycles. The highest BCUT2D eigenvalue weighted by molar-refractivity contribution is 6.31. The van der Waals surface area contributed by atoms with Crippen LogP contribution in [0.5, 0.6) is 0 Å². The lowest BCUT2D eigenvalue weighted by atomic mass is 10.1. The van der Waals surface area contributed by atoms with Crippen molar-refractivity contribution in [3.8, 4) is 17.1 Å². The molecule has 0 unspecified atom stereocenters. The minimum Gasteiger partial charge on any atom is -0.423 e. The molecule has 0 atom stereocenters. The normalized spacial score (nSPS) is 11.2. The summed E-state index contributed by atoms with van der Waals surface area (Å²) in [6.45, 7) is 3.66. The van der Waals surface area contributed by atoms with Gasteiger partial charge in [0.2, 0.25) is 18.2 Å². The average molecular weight is 438 g/mol. The number of carbonyl (C=O) groups excluding carboxylic acids is 1. The Morgan fingerprint density at radius 1 is 1.19 bits per heavy atom. The van der Waals surface area contributed by atoms with E-state index in [9.17, 15) is 9.18 Å². The molecule has 0 bridgehead atoms. The Kier molecular flexibility index (Phi) is 5.64. The first-order chi connectivity index (χ1) is 14.9. The van der Waals surface area contributed by atoms with Crippen molar-refractivity contribution in [2.75, 3.05) is 5.32 Å². The molecular formula is C22H17ClFN5O2. The Bertz CT molecular complexity index is 1260. The van der Waals surface area contributed by atoms with Gasteiger partial charge in [-0.1, -0.05) is 17.7 Å².